The Balaban J connectivity index is 1.97. The van der Waals surface area contributed by atoms with E-state index in [1.54, 1.807) is 0 Å². The number of nitrogens with one attached hydrogen (secondary N) is 1. The molecule has 0 bridgehead atoms. The standard InChI is InChI=1S/C15H20F2N2O2/c1-3-19(10-4-5-10)9-8-18-12-7-6-11(15(20)21-2)13(16)14(12)17/h6-7,10,18H,3-5,8-9H2,1-2H3. The van der Waals surface area contributed by atoms with Crippen LogP contribution in [0.1, 0.15) is 30.1 Å². The van der Waals surface area contributed by atoms with Crippen LogP contribution in [0.5, 0.6) is 0 Å². The monoisotopic (exact) mass is 298 g/mol. The maximum atomic E-state index is 13.9. The van der Waals surface area contributed by atoms with Gasteiger partial charge in [-0.3, -0.25) is 4.90 Å². The fourth-order valence-electron chi connectivity index (χ4n) is 2.33. The Hall–Kier alpha value is -1.69. The van der Waals surface area contributed by atoms with Crippen LogP contribution < -0.4 is 5.32 Å². The topological polar surface area (TPSA) is 41.6 Å². The van der Waals surface area contributed by atoms with E-state index < -0.39 is 23.2 Å². The highest BCUT2D eigenvalue weighted by molar-refractivity contribution is 5.90. The highest BCUT2D eigenvalue weighted by Gasteiger charge is 2.27. The number of hydrogen-bond donors (Lipinski definition) is 1. The van der Waals surface area contributed by atoms with Crippen LogP contribution in [0.4, 0.5) is 14.5 Å². The van der Waals surface area contributed by atoms with Crippen LogP contribution in [0, 0.1) is 11.6 Å². The zero-order valence-corrected chi connectivity index (χ0v) is 12.3. The van der Waals surface area contributed by atoms with E-state index >= 15 is 0 Å². The number of hydrogen-bond acceptors (Lipinski definition) is 4. The van der Waals surface area contributed by atoms with E-state index in [1.807, 2.05) is 0 Å². The molecule has 1 aliphatic carbocycles. The molecule has 0 atom stereocenters. The van der Waals surface area contributed by atoms with Crippen molar-refractivity contribution in [3.63, 3.8) is 0 Å². The minimum Gasteiger partial charge on any atom is -0.465 e. The summed E-state index contributed by atoms with van der Waals surface area (Å²) in [6.45, 7) is 4.34. The molecule has 6 heteroatoms. The van der Waals surface area contributed by atoms with E-state index in [9.17, 15) is 13.6 Å². The smallest absolute Gasteiger partial charge is 0.340 e. The van der Waals surface area contributed by atoms with Crippen molar-refractivity contribution in [1.29, 1.82) is 0 Å². The van der Waals surface area contributed by atoms with E-state index in [-0.39, 0.29) is 5.69 Å². The molecule has 1 fully saturated rings. The molecule has 0 heterocycles. The molecule has 1 aliphatic rings. The summed E-state index contributed by atoms with van der Waals surface area (Å²) in [6.07, 6.45) is 2.43. The second-order valence-electron chi connectivity index (χ2n) is 5.07. The summed E-state index contributed by atoms with van der Waals surface area (Å²) in [4.78, 5) is 13.6. The van der Waals surface area contributed by atoms with Crippen LogP contribution in [0.15, 0.2) is 12.1 Å². The summed E-state index contributed by atoms with van der Waals surface area (Å²) in [6, 6.07) is 3.23. The van der Waals surface area contributed by atoms with Crippen LogP contribution in [0.25, 0.3) is 0 Å². The van der Waals surface area contributed by atoms with Gasteiger partial charge in [0, 0.05) is 19.1 Å². The summed E-state index contributed by atoms with van der Waals surface area (Å²) in [5.74, 6) is -3.11. The summed E-state index contributed by atoms with van der Waals surface area (Å²) in [5, 5.41) is 2.88. The van der Waals surface area contributed by atoms with Crippen molar-refractivity contribution in [1.82, 2.24) is 4.90 Å². The van der Waals surface area contributed by atoms with E-state index in [1.165, 1.54) is 25.0 Å². The van der Waals surface area contributed by atoms with Crippen molar-refractivity contribution in [3.05, 3.63) is 29.3 Å². The lowest BCUT2D eigenvalue weighted by atomic mass is 10.2. The van der Waals surface area contributed by atoms with Crippen molar-refractivity contribution < 1.29 is 18.3 Å². The molecule has 1 aromatic carbocycles. The lowest BCUT2D eigenvalue weighted by molar-refractivity contribution is 0.0594. The average Bonchev–Trinajstić information content (AvgIpc) is 3.32. The molecule has 0 unspecified atom stereocenters. The third-order valence-electron chi connectivity index (χ3n) is 3.67. The Labute approximate surface area is 123 Å². The van der Waals surface area contributed by atoms with Gasteiger partial charge >= 0.3 is 5.97 Å². The molecule has 1 aromatic rings. The van der Waals surface area contributed by atoms with Gasteiger partial charge in [-0.1, -0.05) is 6.92 Å². The second-order valence-corrected chi connectivity index (χ2v) is 5.07. The van der Waals surface area contributed by atoms with Gasteiger partial charge in [-0.15, -0.1) is 0 Å². The quantitative estimate of drug-likeness (QED) is 0.786. The number of anilines is 1. The van der Waals surface area contributed by atoms with Crippen LogP contribution in [0.2, 0.25) is 0 Å². The largest absolute Gasteiger partial charge is 0.465 e. The minimum atomic E-state index is -1.18. The molecule has 0 spiro atoms. The number of halogens is 2. The predicted molar refractivity (Wildman–Crippen MR) is 76.5 cm³/mol. The van der Waals surface area contributed by atoms with Gasteiger partial charge in [0.05, 0.1) is 18.4 Å². The third-order valence-corrected chi connectivity index (χ3v) is 3.67. The van der Waals surface area contributed by atoms with Gasteiger partial charge in [0.25, 0.3) is 0 Å². The Bertz CT molecular complexity index is 519. The number of nitrogens with zero attached hydrogens (tertiary/aromatic N) is 1. The summed E-state index contributed by atoms with van der Waals surface area (Å²) in [5.41, 5.74) is -0.333. The molecule has 0 aliphatic heterocycles. The van der Waals surface area contributed by atoms with Gasteiger partial charge in [-0.2, -0.15) is 0 Å². The molecule has 116 valence electrons. The fourth-order valence-corrected chi connectivity index (χ4v) is 2.33. The van der Waals surface area contributed by atoms with Crippen molar-refractivity contribution in [2.45, 2.75) is 25.8 Å². The lowest BCUT2D eigenvalue weighted by Gasteiger charge is -2.20. The summed E-state index contributed by atoms with van der Waals surface area (Å²) >= 11 is 0. The number of esters is 1. The number of carbonyl (C=O) groups excluding carboxylic acids is 1. The van der Waals surface area contributed by atoms with Gasteiger partial charge in [0.1, 0.15) is 0 Å². The fraction of sp³-hybridized carbons (Fsp3) is 0.533. The minimum absolute atomic E-state index is 0.0620. The van der Waals surface area contributed by atoms with Crippen LogP contribution >= 0.6 is 0 Å². The van der Waals surface area contributed by atoms with Gasteiger partial charge in [-0.05, 0) is 31.5 Å². The first-order valence-corrected chi connectivity index (χ1v) is 7.12. The van der Waals surface area contributed by atoms with Gasteiger partial charge in [0.2, 0.25) is 0 Å². The molecule has 0 saturated heterocycles. The van der Waals surface area contributed by atoms with Gasteiger partial charge in [-0.25, -0.2) is 13.6 Å². The van der Waals surface area contributed by atoms with E-state index in [0.717, 1.165) is 20.2 Å². The third kappa shape index (κ3) is 3.69. The van der Waals surface area contributed by atoms with Crippen LogP contribution in [-0.2, 0) is 4.74 Å². The number of carbonyl (C=O) groups is 1. The molecule has 0 amide bonds. The number of rotatable bonds is 7. The molecule has 0 aromatic heterocycles. The molecular formula is C15H20F2N2O2. The number of benzene rings is 1. The number of likely N-dealkylation sites (N-methyl/N-ethyl adjacent to an activating group) is 1. The summed E-state index contributed by atoms with van der Waals surface area (Å²) < 4.78 is 32.0. The highest BCUT2D eigenvalue weighted by Crippen LogP contribution is 2.26. The Kier molecular flexibility index (Phi) is 5.12. The van der Waals surface area contributed by atoms with Gasteiger partial charge in [0.15, 0.2) is 11.6 Å². The van der Waals surface area contributed by atoms with Crippen molar-refractivity contribution in [2.24, 2.45) is 0 Å². The normalized spacial score (nSPS) is 14.3. The lowest BCUT2D eigenvalue weighted by Crippen LogP contribution is -2.31. The number of ether oxygens (including phenoxy) is 1. The summed E-state index contributed by atoms with van der Waals surface area (Å²) in [7, 11) is 1.13. The Morgan fingerprint density at radius 1 is 1.38 bits per heavy atom. The zero-order chi connectivity index (χ0) is 15.4. The average molecular weight is 298 g/mol. The van der Waals surface area contributed by atoms with Crippen LogP contribution in [0.3, 0.4) is 0 Å². The molecule has 2 rings (SSSR count). The second kappa shape index (κ2) is 6.85. The predicted octanol–water partition coefficient (Wildman–Crippen LogP) is 2.65. The zero-order valence-electron chi connectivity index (χ0n) is 12.3. The Morgan fingerprint density at radius 3 is 2.67 bits per heavy atom. The van der Waals surface area contributed by atoms with E-state index in [2.05, 4.69) is 21.9 Å². The van der Waals surface area contributed by atoms with E-state index in [0.29, 0.717) is 12.6 Å². The molecule has 21 heavy (non-hydrogen) atoms. The maximum absolute atomic E-state index is 13.9. The first kappa shape index (κ1) is 15.7. The first-order chi connectivity index (χ1) is 10.1. The van der Waals surface area contributed by atoms with Gasteiger partial charge < -0.3 is 10.1 Å². The molecular weight excluding hydrogens is 278 g/mol. The van der Waals surface area contributed by atoms with E-state index in [4.69, 9.17) is 0 Å². The first-order valence-electron chi connectivity index (χ1n) is 7.12. The maximum Gasteiger partial charge on any atom is 0.340 e. The molecule has 1 N–H and O–H groups in total. The van der Waals surface area contributed by atoms with Crippen LogP contribution in [-0.4, -0.2) is 43.7 Å². The Morgan fingerprint density at radius 2 is 2.10 bits per heavy atom. The van der Waals surface area contributed by atoms with Crippen molar-refractivity contribution >= 4 is 11.7 Å². The molecule has 0 radical (unpaired) electrons. The SMILES string of the molecule is CCN(CCNc1ccc(C(=O)OC)c(F)c1F)C1CC1. The van der Waals surface area contributed by atoms with Crippen molar-refractivity contribution in [2.75, 3.05) is 32.1 Å². The highest BCUT2D eigenvalue weighted by atomic mass is 19.2. The molecule has 4 nitrogen and oxygen atoms in total. The number of methoxy groups -OCH3 is 1. The molecule has 1 saturated carbocycles. The van der Waals surface area contributed by atoms with Crippen molar-refractivity contribution in [3.8, 4) is 0 Å².